The first-order valence-electron chi connectivity index (χ1n) is 32.6. The van der Waals surface area contributed by atoms with Crippen LogP contribution in [0.4, 0.5) is 0 Å². The monoisotopic (exact) mass is 1280 g/mol. The van der Waals surface area contributed by atoms with Gasteiger partial charge in [-0.1, -0.05) is 72.6 Å². The lowest BCUT2D eigenvalue weighted by atomic mass is 9.94. The normalized spacial score (nSPS) is 13.1. The quantitative estimate of drug-likeness (QED) is 0.0146. The smallest absolute Gasteiger partial charge is 0.305 e. The SMILES string of the molecule is CCCCCCNC(=O)CC(NC(=O)CC(CC)C(=O)NCCCCCC)C(=O)NC(CC(=O)CC(CC(=O)NCCNCCNC(CCC(=O)OCCN(C)C)NC=O)C(=O)NCCCC)C(=O)NCCNCCNC(CCC(=O)OCCN(C)C)C(N)=O. The van der Waals surface area contributed by atoms with E-state index in [9.17, 15) is 57.5 Å². The summed E-state index contributed by atoms with van der Waals surface area (Å²) in [5, 5.41) is 34.1. The molecular formula is C61H115N15O14. The number of ether oxygens (including phenoxy) is 2. The molecule has 518 valence electrons. The molecule has 90 heavy (non-hydrogen) atoms. The molecule has 0 fully saturated rings. The van der Waals surface area contributed by atoms with Crippen molar-refractivity contribution in [1.82, 2.24) is 73.6 Å². The Kier molecular flexibility index (Phi) is 50.5. The molecule has 0 radical (unpaired) electrons. The van der Waals surface area contributed by atoms with Crippen molar-refractivity contribution in [3.8, 4) is 0 Å². The third-order valence-electron chi connectivity index (χ3n) is 14.3. The number of hydrogen-bond acceptors (Lipinski definition) is 20. The Morgan fingerprint density at radius 1 is 0.444 bits per heavy atom. The average Bonchev–Trinajstić information content (AvgIpc) is 3.46. The van der Waals surface area contributed by atoms with E-state index >= 15 is 0 Å². The van der Waals surface area contributed by atoms with Crippen LogP contribution in [-0.4, -0.2) is 232 Å². The minimum atomic E-state index is -1.60. The molecule has 0 aliphatic heterocycles. The molecule has 29 heteroatoms. The number of Topliss-reactive ketones (excluding diaryl/α,β-unsaturated/α-hetero) is 1. The molecule has 0 aliphatic carbocycles. The van der Waals surface area contributed by atoms with Crippen molar-refractivity contribution in [3.63, 3.8) is 0 Å². The molecule has 0 saturated carbocycles. The van der Waals surface area contributed by atoms with E-state index in [-0.39, 0.29) is 90.0 Å². The highest BCUT2D eigenvalue weighted by Gasteiger charge is 2.33. The zero-order valence-corrected chi connectivity index (χ0v) is 55.5. The molecule has 6 unspecified atom stereocenters. The molecule has 29 nitrogen and oxygen atoms in total. The van der Waals surface area contributed by atoms with Gasteiger partial charge in [0, 0.05) is 130 Å². The van der Waals surface area contributed by atoms with Crippen molar-refractivity contribution in [3.05, 3.63) is 0 Å². The third kappa shape index (κ3) is 45.8. The number of unbranched alkanes of at least 4 members (excludes halogenated alkanes) is 7. The Morgan fingerprint density at radius 2 is 0.922 bits per heavy atom. The molecule has 0 spiro atoms. The maximum Gasteiger partial charge on any atom is 0.305 e. The van der Waals surface area contributed by atoms with Crippen molar-refractivity contribution in [2.24, 2.45) is 17.6 Å². The molecule has 0 aromatic rings. The summed E-state index contributed by atoms with van der Waals surface area (Å²) < 4.78 is 10.4. The summed E-state index contributed by atoms with van der Waals surface area (Å²) in [6.45, 7) is 12.4. The number of nitrogens with one attached hydrogen (secondary N) is 12. The zero-order valence-electron chi connectivity index (χ0n) is 55.5. The van der Waals surface area contributed by atoms with Crippen LogP contribution in [0.25, 0.3) is 0 Å². The second kappa shape index (κ2) is 54.3. The van der Waals surface area contributed by atoms with E-state index in [1.807, 2.05) is 51.8 Å². The number of ketones is 1. The van der Waals surface area contributed by atoms with Gasteiger partial charge >= 0.3 is 11.9 Å². The summed E-state index contributed by atoms with van der Waals surface area (Å²) in [5.74, 6) is -8.55. The maximum absolute atomic E-state index is 14.4. The van der Waals surface area contributed by atoms with Crippen LogP contribution in [0.5, 0.6) is 0 Å². The van der Waals surface area contributed by atoms with Crippen molar-refractivity contribution >= 4 is 71.4 Å². The van der Waals surface area contributed by atoms with Crippen LogP contribution < -0.4 is 69.5 Å². The van der Waals surface area contributed by atoms with Gasteiger partial charge in [0.15, 0.2) is 0 Å². The first-order valence-corrected chi connectivity index (χ1v) is 32.6. The molecular weight excluding hydrogens is 1170 g/mol. The van der Waals surface area contributed by atoms with Gasteiger partial charge in [0.1, 0.15) is 31.1 Å². The van der Waals surface area contributed by atoms with E-state index in [0.29, 0.717) is 77.9 Å². The highest BCUT2D eigenvalue weighted by molar-refractivity contribution is 5.98. The Bertz CT molecular complexity index is 2090. The lowest BCUT2D eigenvalue weighted by Gasteiger charge is -2.24. The summed E-state index contributed by atoms with van der Waals surface area (Å²) in [6.07, 6.45) is 7.02. The maximum atomic E-state index is 14.4. The van der Waals surface area contributed by atoms with Gasteiger partial charge < -0.3 is 83.5 Å². The summed E-state index contributed by atoms with van der Waals surface area (Å²) in [4.78, 5) is 161. The second-order valence-electron chi connectivity index (χ2n) is 22.9. The van der Waals surface area contributed by atoms with Gasteiger partial charge in [-0.15, -0.1) is 0 Å². The van der Waals surface area contributed by atoms with Crippen molar-refractivity contribution in [2.45, 2.75) is 180 Å². The van der Waals surface area contributed by atoms with Crippen LogP contribution in [0.1, 0.15) is 156 Å². The number of esters is 2. The lowest BCUT2D eigenvalue weighted by Crippen LogP contribution is -2.56. The topological polar surface area (TPSA) is 400 Å². The number of likely N-dealkylation sites (N-methyl/N-ethyl adjacent to an activating group) is 2. The number of carbonyl (C=O) groups is 12. The fourth-order valence-corrected chi connectivity index (χ4v) is 8.84. The van der Waals surface area contributed by atoms with Crippen molar-refractivity contribution < 1.29 is 67.0 Å². The van der Waals surface area contributed by atoms with Gasteiger partial charge in [-0.05, 0) is 66.7 Å². The molecule has 0 aliphatic rings. The molecule has 0 bridgehead atoms. The molecule has 14 N–H and O–H groups in total. The predicted octanol–water partition coefficient (Wildman–Crippen LogP) is -1.29. The largest absolute Gasteiger partial charge is 0.464 e. The predicted molar refractivity (Wildman–Crippen MR) is 343 cm³/mol. The standard InChI is InChI=1S/C61H115N15O14/c1-9-13-16-18-25-67-53(80)43-50(73-54(81)40-45(12-4)58(85)70-26-19-17-14-10-2)61(88)74-49(60(87)71-34-30-63-27-31-65-48(57(62)84)20-22-55(82)89-37-35-75(5)6)42-47(78)39-46(59(86)69-24-15-11-3)41-52(79)68-33-29-64-28-32-66-51(72-44-77)21-23-56(83)90-38-36-76(7)8/h44-46,48-51,63-66H,9-43H2,1-8H3,(H2,62,84)(H,67,80)(H,68,79)(H,69,86)(H,70,85)(H,71,87)(H,72,77)(H,73,81)(H,74,88). The van der Waals surface area contributed by atoms with Crippen LogP contribution in [0, 0.1) is 11.8 Å². The lowest BCUT2D eigenvalue weighted by molar-refractivity contribution is -0.145. The minimum Gasteiger partial charge on any atom is -0.464 e. The number of nitrogens with zero attached hydrogens (tertiary/aromatic N) is 2. The number of rotatable bonds is 59. The van der Waals surface area contributed by atoms with Gasteiger partial charge in [-0.3, -0.25) is 62.9 Å². The van der Waals surface area contributed by atoms with Gasteiger partial charge in [-0.25, -0.2) is 0 Å². The number of amides is 9. The van der Waals surface area contributed by atoms with Gasteiger partial charge in [0.2, 0.25) is 53.7 Å². The summed E-state index contributed by atoms with van der Waals surface area (Å²) >= 11 is 0. The van der Waals surface area contributed by atoms with Crippen molar-refractivity contribution in [2.75, 3.05) is 126 Å². The van der Waals surface area contributed by atoms with E-state index in [2.05, 4.69) is 70.7 Å². The van der Waals surface area contributed by atoms with Crippen LogP contribution >= 0.6 is 0 Å². The highest BCUT2D eigenvalue weighted by atomic mass is 16.5. The number of primary amides is 1. The van der Waals surface area contributed by atoms with Crippen LogP contribution in [0.2, 0.25) is 0 Å². The van der Waals surface area contributed by atoms with E-state index < -0.39 is 115 Å². The molecule has 0 aromatic carbocycles. The average molecular weight is 1280 g/mol. The molecule has 0 saturated heterocycles. The van der Waals surface area contributed by atoms with Gasteiger partial charge in [0.05, 0.1) is 24.5 Å². The minimum absolute atomic E-state index is 0.0291. The molecule has 9 amide bonds. The van der Waals surface area contributed by atoms with Crippen LogP contribution in [0.3, 0.4) is 0 Å². The number of carbonyl (C=O) groups excluding carboxylic acids is 12. The zero-order chi connectivity index (χ0) is 67.3. The Hall–Kier alpha value is -6.40. The second-order valence-corrected chi connectivity index (χ2v) is 22.9. The first kappa shape index (κ1) is 83.6. The summed E-state index contributed by atoms with van der Waals surface area (Å²) in [7, 11) is 7.42. The van der Waals surface area contributed by atoms with Crippen LogP contribution in [0.15, 0.2) is 0 Å². The van der Waals surface area contributed by atoms with Gasteiger partial charge in [-0.2, -0.15) is 0 Å². The Balaban J connectivity index is 6.39. The van der Waals surface area contributed by atoms with E-state index in [0.717, 1.165) is 51.4 Å². The molecule has 0 heterocycles. The third-order valence-corrected chi connectivity index (χ3v) is 14.3. The molecule has 0 aromatic heterocycles. The van der Waals surface area contributed by atoms with Crippen LogP contribution in [-0.2, 0) is 67.0 Å². The van der Waals surface area contributed by atoms with E-state index in [1.54, 1.807) is 6.92 Å². The first-order chi connectivity index (χ1) is 43.1. The van der Waals surface area contributed by atoms with E-state index in [1.165, 1.54) is 0 Å². The Morgan fingerprint density at radius 3 is 1.48 bits per heavy atom. The highest BCUT2D eigenvalue weighted by Crippen LogP contribution is 2.15. The van der Waals surface area contributed by atoms with Crippen molar-refractivity contribution in [1.29, 1.82) is 0 Å². The number of hydrogen-bond donors (Lipinski definition) is 13. The van der Waals surface area contributed by atoms with E-state index in [4.69, 9.17) is 15.2 Å². The number of nitrogens with two attached hydrogens (primary N) is 1. The fraction of sp³-hybridized carbons (Fsp3) is 0.803. The summed E-state index contributed by atoms with van der Waals surface area (Å²) in [6, 6.07) is -3.97. The molecule has 6 atom stereocenters. The summed E-state index contributed by atoms with van der Waals surface area (Å²) in [5.41, 5.74) is 5.58. The molecule has 0 rings (SSSR count). The fourth-order valence-electron chi connectivity index (χ4n) is 8.84. The Labute approximate surface area is 534 Å². The van der Waals surface area contributed by atoms with Gasteiger partial charge in [0.25, 0.3) is 0 Å².